The molecule has 0 bridgehead atoms. The zero-order chi connectivity index (χ0) is 13.8. The molecule has 0 amide bonds. The summed E-state index contributed by atoms with van der Waals surface area (Å²) < 4.78 is 5.71. The summed E-state index contributed by atoms with van der Waals surface area (Å²) in [6.07, 6.45) is 0.994. The molecule has 1 heterocycles. The average molecular weight is 261 g/mol. The number of benzene rings is 1. The molecule has 0 saturated heterocycles. The number of fused-ring (bicyclic) bond motifs is 1. The standard InChI is InChI=1S/C15H23N3O/c1-11(2)12(16)8-9-18(3)10-15-17-13-6-4-5-7-14(13)19-15/h4-7,11-12H,8-10,16H2,1-3H3. The van der Waals surface area contributed by atoms with E-state index in [1.54, 1.807) is 0 Å². The Labute approximate surface area is 114 Å². The number of rotatable bonds is 6. The summed E-state index contributed by atoms with van der Waals surface area (Å²) in [5.41, 5.74) is 7.83. The molecule has 0 radical (unpaired) electrons. The van der Waals surface area contributed by atoms with Crippen LogP contribution < -0.4 is 5.73 Å². The minimum absolute atomic E-state index is 0.256. The number of aromatic nitrogens is 1. The average Bonchev–Trinajstić information content (AvgIpc) is 2.77. The second-order valence-corrected chi connectivity index (χ2v) is 5.51. The molecule has 2 N–H and O–H groups in total. The van der Waals surface area contributed by atoms with Gasteiger partial charge in [-0.25, -0.2) is 4.98 Å². The van der Waals surface area contributed by atoms with E-state index in [0.717, 1.165) is 36.5 Å². The fourth-order valence-corrected chi connectivity index (χ4v) is 2.00. The van der Waals surface area contributed by atoms with Gasteiger partial charge in [0.15, 0.2) is 5.58 Å². The Morgan fingerprint density at radius 3 is 2.74 bits per heavy atom. The van der Waals surface area contributed by atoms with Crippen molar-refractivity contribution in [3.63, 3.8) is 0 Å². The quantitative estimate of drug-likeness (QED) is 0.868. The maximum absolute atomic E-state index is 6.05. The highest BCUT2D eigenvalue weighted by molar-refractivity contribution is 5.72. The maximum atomic E-state index is 6.05. The zero-order valence-electron chi connectivity index (χ0n) is 12.0. The summed E-state index contributed by atoms with van der Waals surface area (Å²) in [6.45, 7) is 5.99. The first-order chi connectivity index (χ1) is 9.06. The predicted octanol–water partition coefficient (Wildman–Crippen LogP) is 2.63. The van der Waals surface area contributed by atoms with Crippen LogP contribution in [0.5, 0.6) is 0 Å². The lowest BCUT2D eigenvalue weighted by molar-refractivity contribution is 0.271. The number of nitrogens with zero attached hydrogens (tertiary/aromatic N) is 2. The first kappa shape index (κ1) is 14.0. The van der Waals surface area contributed by atoms with E-state index in [9.17, 15) is 0 Å². The van der Waals surface area contributed by atoms with Crippen LogP contribution in [0.25, 0.3) is 11.1 Å². The third-order valence-electron chi connectivity index (χ3n) is 3.44. The van der Waals surface area contributed by atoms with Crippen LogP contribution in [0.3, 0.4) is 0 Å². The summed E-state index contributed by atoms with van der Waals surface area (Å²) in [6, 6.07) is 8.10. The minimum Gasteiger partial charge on any atom is -0.439 e. The van der Waals surface area contributed by atoms with Gasteiger partial charge in [0.1, 0.15) is 5.52 Å². The highest BCUT2D eigenvalue weighted by atomic mass is 16.3. The summed E-state index contributed by atoms with van der Waals surface area (Å²) >= 11 is 0. The maximum Gasteiger partial charge on any atom is 0.209 e. The number of hydrogen-bond acceptors (Lipinski definition) is 4. The summed E-state index contributed by atoms with van der Waals surface area (Å²) in [5.74, 6) is 1.29. The molecule has 1 aromatic carbocycles. The molecule has 0 aliphatic rings. The van der Waals surface area contributed by atoms with Crippen molar-refractivity contribution in [1.82, 2.24) is 9.88 Å². The van der Waals surface area contributed by atoms with E-state index in [-0.39, 0.29) is 6.04 Å². The van der Waals surface area contributed by atoms with Crippen molar-refractivity contribution in [3.05, 3.63) is 30.2 Å². The Morgan fingerprint density at radius 1 is 1.32 bits per heavy atom. The lowest BCUT2D eigenvalue weighted by atomic mass is 10.0. The van der Waals surface area contributed by atoms with Gasteiger partial charge in [0, 0.05) is 6.04 Å². The lowest BCUT2D eigenvalue weighted by Crippen LogP contribution is -2.31. The van der Waals surface area contributed by atoms with Crippen molar-refractivity contribution in [2.24, 2.45) is 11.7 Å². The molecule has 0 fully saturated rings. The SMILES string of the molecule is CC(C)C(N)CCN(C)Cc1nc2ccccc2o1. The Balaban J connectivity index is 1.89. The van der Waals surface area contributed by atoms with Gasteiger partial charge in [-0.2, -0.15) is 0 Å². The van der Waals surface area contributed by atoms with Gasteiger partial charge in [0.25, 0.3) is 0 Å². The van der Waals surface area contributed by atoms with Crippen molar-refractivity contribution in [2.75, 3.05) is 13.6 Å². The molecule has 4 heteroatoms. The third kappa shape index (κ3) is 3.78. The van der Waals surface area contributed by atoms with Crippen molar-refractivity contribution in [1.29, 1.82) is 0 Å². The first-order valence-electron chi connectivity index (χ1n) is 6.85. The molecule has 0 spiro atoms. The number of oxazole rings is 1. The molecular formula is C15H23N3O. The van der Waals surface area contributed by atoms with Gasteiger partial charge in [-0.1, -0.05) is 26.0 Å². The molecule has 2 aromatic rings. The van der Waals surface area contributed by atoms with E-state index >= 15 is 0 Å². The number of nitrogens with two attached hydrogens (primary N) is 1. The lowest BCUT2D eigenvalue weighted by Gasteiger charge is -2.20. The van der Waals surface area contributed by atoms with Crippen molar-refractivity contribution in [2.45, 2.75) is 32.9 Å². The van der Waals surface area contributed by atoms with Gasteiger partial charge in [-0.05, 0) is 38.1 Å². The van der Waals surface area contributed by atoms with Crippen molar-refractivity contribution < 1.29 is 4.42 Å². The third-order valence-corrected chi connectivity index (χ3v) is 3.44. The highest BCUT2D eigenvalue weighted by Gasteiger charge is 2.11. The minimum atomic E-state index is 0.256. The smallest absolute Gasteiger partial charge is 0.209 e. The van der Waals surface area contributed by atoms with Gasteiger partial charge in [-0.15, -0.1) is 0 Å². The topological polar surface area (TPSA) is 55.3 Å². The van der Waals surface area contributed by atoms with E-state index in [1.807, 2.05) is 24.3 Å². The van der Waals surface area contributed by atoms with Crippen LogP contribution in [-0.2, 0) is 6.54 Å². The second kappa shape index (κ2) is 6.17. The van der Waals surface area contributed by atoms with Crippen LogP contribution in [-0.4, -0.2) is 29.5 Å². The molecule has 1 aromatic heterocycles. The Morgan fingerprint density at radius 2 is 2.05 bits per heavy atom. The molecule has 19 heavy (non-hydrogen) atoms. The first-order valence-corrected chi connectivity index (χ1v) is 6.85. The van der Waals surface area contributed by atoms with Gasteiger partial charge >= 0.3 is 0 Å². The fraction of sp³-hybridized carbons (Fsp3) is 0.533. The fourth-order valence-electron chi connectivity index (χ4n) is 2.00. The van der Waals surface area contributed by atoms with Gasteiger partial charge in [0.05, 0.1) is 6.54 Å². The Kier molecular flexibility index (Phi) is 4.56. The molecule has 0 aliphatic carbocycles. The van der Waals surface area contributed by atoms with Crippen LogP contribution in [0.4, 0.5) is 0 Å². The molecule has 1 unspecified atom stereocenters. The van der Waals surface area contributed by atoms with E-state index in [4.69, 9.17) is 10.2 Å². The summed E-state index contributed by atoms with van der Waals surface area (Å²) in [7, 11) is 2.07. The van der Waals surface area contributed by atoms with E-state index in [1.165, 1.54) is 0 Å². The van der Waals surface area contributed by atoms with Crippen LogP contribution in [0.2, 0.25) is 0 Å². The van der Waals surface area contributed by atoms with E-state index in [2.05, 4.69) is 30.8 Å². The number of para-hydroxylation sites is 2. The molecule has 1 atom stereocenters. The monoisotopic (exact) mass is 261 g/mol. The second-order valence-electron chi connectivity index (χ2n) is 5.51. The van der Waals surface area contributed by atoms with Gasteiger partial charge in [-0.3, -0.25) is 4.90 Å². The molecule has 0 aliphatic heterocycles. The molecule has 4 nitrogen and oxygen atoms in total. The number of hydrogen-bond donors (Lipinski definition) is 1. The van der Waals surface area contributed by atoms with Crippen LogP contribution >= 0.6 is 0 Å². The summed E-state index contributed by atoms with van der Waals surface area (Å²) in [5, 5.41) is 0. The molecule has 2 rings (SSSR count). The van der Waals surface area contributed by atoms with E-state index < -0.39 is 0 Å². The molecule has 104 valence electrons. The van der Waals surface area contributed by atoms with Crippen LogP contribution in [0, 0.1) is 5.92 Å². The summed E-state index contributed by atoms with van der Waals surface area (Å²) in [4.78, 5) is 6.68. The normalized spacial score (nSPS) is 13.6. The molecule has 0 saturated carbocycles. The largest absolute Gasteiger partial charge is 0.439 e. The zero-order valence-corrected chi connectivity index (χ0v) is 12.0. The van der Waals surface area contributed by atoms with Crippen molar-refractivity contribution in [3.8, 4) is 0 Å². The predicted molar refractivity (Wildman–Crippen MR) is 77.8 cm³/mol. The van der Waals surface area contributed by atoms with E-state index in [0.29, 0.717) is 5.92 Å². The van der Waals surface area contributed by atoms with Crippen molar-refractivity contribution >= 4 is 11.1 Å². The Hall–Kier alpha value is -1.39. The highest BCUT2D eigenvalue weighted by Crippen LogP contribution is 2.15. The Bertz CT molecular complexity index is 488. The van der Waals surface area contributed by atoms with Gasteiger partial charge < -0.3 is 10.2 Å². The molecular weight excluding hydrogens is 238 g/mol. The van der Waals surface area contributed by atoms with Crippen LogP contribution in [0.1, 0.15) is 26.2 Å². The van der Waals surface area contributed by atoms with Crippen LogP contribution in [0.15, 0.2) is 28.7 Å². The van der Waals surface area contributed by atoms with Gasteiger partial charge in [0.2, 0.25) is 5.89 Å².